The van der Waals surface area contributed by atoms with Crippen LogP contribution in [0.25, 0.3) is 0 Å². The van der Waals surface area contributed by atoms with Gasteiger partial charge < -0.3 is 4.90 Å². The van der Waals surface area contributed by atoms with Gasteiger partial charge in [-0.15, -0.1) is 10.2 Å². The largest absolute Gasteiger partial charge is 0.382 e. The molecule has 0 bridgehead atoms. The first-order valence-electron chi connectivity index (χ1n) is 6.15. The SMILES string of the molecule is CN(C)/C=C(/C=[N+](C)C)S(=O)(=O)c1ccccc1.[O-][Cl+3]([O-])([O-])[O-]. The second-order valence-corrected chi connectivity index (χ2v) is 7.49. The number of nitrogens with zero attached hydrogens (tertiary/aromatic N) is 2. The molecular formula is C13H19ClN2O6S. The molecule has 1 rings (SSSR count). The number of hydrogen-bond acceptors (Lipinski definition) is 7. The summed E-state index contributed by atoms with van der Waals surface area (Å²) in [7, 11) is -1.23. The van der Waals surface area contributed by atoms with Gasteiger partial charge in [-0.2, -0.15) is 0 Å². The van der Waals surface area contributed by atoms with Crippen molar-refractivity contribution in [3.05, 3.63) is 41.4 Å². The highest BCUT2D eigenvalue weighted by Gasteiger charge is 2.21. The number of allylic oxidation sites excluding steroid dienone is 1. The first-order chi connectivity index (χ1) is 10.3. The Kier molecular flexibility index (Phi) is 8.38. The van der Waals surface area contributed by atoms with Crippen molar-refractivity contribution < 1.29 is 41.9 Å². The van der Waals surface area contributed by atoms with Crippen LogP contribution < -0.4 is 18.6 Å². The van der Waals surface area contributed by atoms with Gasteiger partial charge in [-0.05, 0) is 12.1 Å². The van der Waals surface area contributed by atoms with E-state index in [0.717, 1.165) is 0 Å². The Bertz CT molecular complexity index is 641. The van der Waals surface area contributed by atoms with Crippen LogP contribution in [0.5, 0.6) is 0 Å². The molecule has 1 aromatic rings. The topological polar surface area (TPSA) is 133 Å². The van der Waals surface area contributed by atoms with Crippen LogP contribution in [-0.4, -0.2) is 52.3 Å². The Morgan fingerprint density at radius 2 is 1.52 bits per heavy atom. The maximum atomic E-state index is 12.5. The summed E-state index contributed by atoms with van der Waals surface area (Å²) < 4.78 is 60.6. The van der Waals surface area contributed by atoms with Gasteiger partial charge in [0, 0.05) is 20.3 Å². The molecule has 0 amide bonds. The van der Waals surface area contributed by atoms with Crippen molar-refractivity contribution in [3.63, 3.8) is 0 Å². The van der Waals surface area contributed by atoms with E-state index in [-0.39, 0.29) is 4.91 Å². The molecule has 0 aliphatic heterocycles. The molecule has 0 saturated carbocycles. The van der Waals surface area contributed by atoms with Gasteiger partial charge in [0.25, 0.3) is 0 Å². The molecule has 0 aliphatic carbocycles. The monoisotopic (exact) mass is 366 g/mol. The fraction of sp³-hybridized carbons (Fsp3) is 0.308. The molecular weight excluding hydrogens is 348 g/mol. The summed E-state index contributed by atoms with van der Waals surface area (Å²) in [4.78, 5) is 2.29. The van der Waals surface area contributed by atoms with E-state index >= 15 is 0 Å². The molecule has 23 heavy (non-hydrogen) atoms. The molecule has 0 saturated heterocycles. The van der Waals surface area contributed by atoms with Crippen molar-refractivity contribution in [2.24, 2.45) is 0 Å². The maximum Gasteiger partial charge on any atom is 0.213 e. The van der Waals surface area contributed by atoms with Crippen LogP contribution in [0.15, 0.2) is 46.3 Å². The van der Waals surface area contributed by atoms with Gasteiger partial charge >= 0.3 is 0 Å². The molecule has 0 spiro atoms. The smallest absolute Gasteiger partial charge is 0.213 e. The minimum absolute atomic E-state index is 0.267. The highest BCUT2D eigenvalue weighted by Crippen LogP contribution is 2.17. The Balaban J connectivity index is 0.000000841. The van der Waals surface area contributed by atoms with Crippen LogP contribution in [0.1, 0.15) is 0 Å². The molecule has 130 valence electrons. The lowest BCUT2D eigenvalue weighted by Crippen LogP contribution is -2.68. The Labute approximate surface area is 137 Å². The van der Waals surface area contributed by atoms with Crippen LogP contribution >= 0.6 is 0 Å². The van der Waals surface area contributed by atoms with Crippen molar-refractivity contribution >= 4 is 16.1 Å². The van der Waals surface area contributed by atoms with Gasteiger partial charge in [-0.25, -0.2) is 31.6 Å². The second-order valence-electron chi connectivity index (χ2n) is 4.78. The third kappa shape index (κ3) is 10.00. The number of rotatable bonds is 4. The summed E-state index contributed by atoms with van der Waals surface area (Å²) in [6.07, 6.45) is 3.20. The summed E-state index contributed by atoms with van der Waals surface area (Å²) in [5, 5.41) is 0. The Hall–Kier alpha value is -1.49. The van der Waals surface area contributed by atoms with E-state index in [1.165, 1.54) is 0 Å². The molecule has 0 radical (unpaired) electrons. The van der Waals surface area contributed by atoms with Crippen LogP contribution in [0.2, 0.25) is 0 Å². The zero-order valence-corrected chi connectivity index (χ0v) is 14.7. The third-order valence-electron chi connectivity index (χ3n) is 2.13. The molecule has 0 atom stereocenters. The summed E-state index contributed by atoms with van der Waals surface area (Å²) >= 11 is 0. The summed E-state index contributed by atoms with van der Waals surface area (Å²) in [5.41, 5.74) is 0. The first kappa shape index (κ1) is 21.5. The number of hydrogen-bond donors (Lipinski definition) is 0. The Morgan fingerprint density at radius 3 is 1.87 bits per heavy atom. The van der Waals surface area contributed by atoms with Gasteiger partial charge in [0.2, 0.25) is 9.84 Å². The first-order valence-corrected chi connectivity index (χ1v) is 8.87. The summed E-state index contributed by atoms with van der Waals surface area (Å²) in [6, 6.07) is 8.43. The van der Waals surface area contributed by atoms with Crippen molar-refractivity contribution in [2.75, 3.05) is 28.2 Å². The lowest BCUT2D eigenvalue weighted by molar-refractivity contribution is -2.00. The van der Waals surface area contributed by atoms with Crippen LogP contribution in [-0.2, 0) is 9.84 Å². The average molecular weight is 367 g/mol. The number of sulfone groups is 1. The standard InChI is InChI=1S/C13H19N2O2S.ClHO4/c1-14(2)10-13(11-15(3)4)18(16,17)12-8-6-5-7-9-12;2-1(3,4)5/h5-11H,1-4H3;(H,2,3,4,5)/q+1;/p-1. The summed E-state index contributed by atoms with van der Waals surface area (Å²) in [6.45, 7) is 0. The molecule has 0 N–H and O–H groups in total. The summed E-state index contributed by atoms with van der Waals surface area (Å²) in [5.74, 6) is 0. The van der Waals surface area contributed by atoms with Crippen LogP contribution in [0.3, 0.4) is 0 Å². The van der Waals surface area contributed by atoms with E-state index < -0.39 is 20.1 Å². The predicted molar refractivity (Wildman–Crippen MR) is 73.6 cm³/mol. The average Bonchev–Trinajstić information content (AvgIpc) is 2.36. The van der Waals surface area contributed by atoms with E-state index in [4.69, 9.17) is 18.6 Å². The van der Waals surface area contributed by atoms with Crippen molar-refractivity contribution in [1.82, 2.24) is 4.90 Å². The second kappa shape index (κ2) is 8.96. The molecule has 1 aromatic carbocycles. The minimum Gasteiger partial charge on any atom is -0.382 e. The van der Waals surface area contributed by atoms with Gasteiger partial charge in [0.1, 0.15) is 14.1 Å². The highest BCUT2D eigenvalue weighted by molar-refractivity contribution is 7.96. The molecule has 0 heterocycles. The van der Waals surface area contributed by atoms with Gasteiger partial charge in [0.05, 0.1) is 4.90 Å². The molecule has 0 aliphatic rings. The zero-order valence-electron chi connectivity index (χ0n) is 13.2. The van der Waals surface area contributed by atoms with Crippen LogP contribution in [0, 0.1) is 10.2 Å². The van der Waals surface area contributed by atoms with E-state index in [0.29, 0.717) is 4.90 Å². The molecule has 8 nitrogen and oxygen atoms in total. The van der Waals surface area contributed by atoms with Gasteiger partial charge in [0.15, 0.2) is 11.1 Å². The van der Waals surface area contributed by atoms with Crippen LogP contribution in [0.4, 0.5) is 0 Å². The molecule has 0 unspecified atom stereocenters. The fourth-order valence-electron chi connectivity index (χ4n) is 1.42. The third-order valence-corrected chi connectivity index (χ3v) is 3.86. The molecule has 0 fully saturated rings. The van der Waals surface area contributed by atoms with Gasteiger partial charge in [-0.1, -0.05) is 18.2 Å². The molecule has 10 heteroatoms. The van der Waals surface area contributed by atoms with E-state index in [2.05, 4.69) is 0 Å². The minimum atomic E-state index is -4.94. The zero-order chi connectivity index (χ0) is 18.3. The Morgan fingerprint density at radius 1 is 1.09 bits per heavy atom. The number of halogens is 1. The lowest BCUT2D eigenvalue weighted by atomic mass is 10.4. The van der Waals surface area contributed by atoms with Crippen molar-refractivity contribution in [3.8, 4) is 0 Å². The van der Waals surface area contributed by atoms with E-state index in [9.17, 15) is 8.42 Å². The molecule has 0 aromatic heterocycles. The highest BCUT2D eigenvalue weighted by atomic mass is 35.7. The quantitative estimate of drug-likeness (QED) is 0.398. The fourth-order valence-corrected chi connectivity index (χ4v) is 2.90. The predicted octanol–water partition coefficient (Wildman–Crippen LogP) is -3.55. The van der Waals surface area contributed by atoms with E-state index in [1.807, 2.05) is 0 Å². The lowest BCUT2D eigenvalue weighted by Gasteiger charge is -2.17. The van der Waals surface area contributed by atoms with Crippen molar-refractivity contribution in [2.45, 2.75) is 4.90 Å². The number of benzene rings is 1. The maximum absolute atomic E-state index is 12.5. The van der Waals surface area contributed by atoms with Crippen molar-refractivity contribution in [1.29, 1.82) is 0 Å². The normalized spacial score (nSPS) is 12.1. The van der Waals surface area contributed by atoms with Gasteiger partial charge in [-0.3, -0.25) is 0 Å². The van der Waals surface area contributed by atoms with E-state index in [1.54, 1.807) is 80.4 Å².